The predicted octanol–water partition coefficient (Wildman–Crippen LogP) is 3.93. The molecule has 0 aliphatic carbocycles. The van der Waals surface area contributed by atoms with Gasteiger partial charge in [0.25, 0.3) is 5.91 Å². The van der Waals surface area contributed by atoms with Gasteiger partial charge in [0.1, 0.15) is 6.04 Å². The highest BCUT2D eigenvalue weighted by Crippen LogP contribution is 2.35. The molecule has 2 aromatic carbocycles. The summed E-state index contributed by atoms with van der Waals surface area (Å²) in [4.78, 5) is 27.7. The number of carbonyl (C=O) groups excluding carboxylic acids is 2. The fourth-order valence-corrected chi connectivity index (χ4v) is 5.53. The quantitative estimate of drug-likeness (QED) is 0.654. The Hall–Kier alpha value is -2.58. The first-order valence-corrected chi connectivity index (χ1v) is 12.7. The summed E-state index contributed by atoms with van der Waals surface area (Å²) in [7, 11) is -3.41. The number of rotatable bonds is 7. The molecule has 0 saturated heterocycles. The molecule has 2 amide bonds. The predicted molar refractivity (Wildman–Crippen MR) is 128 cm³/mol. The van der Waals surface area contributed by atoms with E-state index in [1.165, 1.54) is 15.5 Å². The van der Waals surface area contributed by atoms with E-state index in [4.69, 9.17) is 11.6 Å². The molecule has 0 fully saturated rings. The average molecular weight is 478 g/mol. The first-order chi connectivity index (χ1) is 15.0. The van der Waals surface area contributed by atoms with Gasteiger partial charge in [0.15, 0.2) is 0 Å². The molecule has 2 atom stereocenters. The number of hydrogen-bond acceptors (Lipinski definition) is 4. The summed E-state index contributed by atoms with van der Waals surface area (Å²) >= 11 is 5.99. The topological polar surface area (TPSA) is 86.8 Å². The Morgan fingerprint density at radius 3 is 2.59 bits per heavy atom. The Morgan fingerprint density at radius 2 is 1.97 bits per heavy atom. The largest absolute Gasteiger partial charge is 0.327 e. The highest BCUT2D eigenvalue weighted by atomic mass is 35.5. The maximum Gasteiger partial charge on any atom is 0.254 e. The van der Waals surface area contributed by atoms with E-state index in [9.17, 15) is 18.0 Å². The lowest BCUT2D eigenvalue weighted by molar-refractivity contribution is -0.120. The molecule has 0 bridgehead atoms. The summed E-state index contributed by atoms with van der Waals surface area (Å²) < 4.78 is 25.7. The Kier molecular flexibility index (Phi) is 7.15. The van der Waals surface area contributed by atoms with Gasteiger partial charge in [-0.15, -0.1) is 0 Å². The van der Waals surface area contributed by atoms with Crippen LogP contribution in [0.25, 0.3) is 0 Å². The van der Waals surface area contributed by atoms with Crippen LogP contribution in [-0.2, 0) is 21.2 Å². The summed E-state index contributed by atoms with van der Waals surface area (Å²) in [6.45, 7) is 5.88. The van der Waals surface area contributed by atoms with Crippen LogP contribution < -0.4 is 9.62 Å². The van der Waals surface area contributed by atoms with Crippen LogP contribution in [0.4, 0.5) is 11.4 Å². The monoisotopic (exact) mass is 477 g/mol. The molecule has 9 heteroatoms. The molecule has 3 rings (SSSR count). The second kappa shape index (κ2) is 9.50. The summed E-state index contributed by atoms with van der Waals surface area (Å²) in [6.07, 6.45) is 2.40. The third kappa shape index (κ3) is 5.07. The maximum atomic E-state index is 13.3. The van der Waals surface area contributed by atoms with Crippen LogP contribution in [0.15, 0.2) is 42.5 Å². The van der Waals surface area contributed by atoms with Crippen molar-refractivity contribution in [3.63, 3.8) is 0 Å². The normalized spacial score (nSPS) is 16.4. The molecule has 0 spiro atoms. The number of fused-ring (bicyclic) bond motifs is 1. The summed E-state index contributed by atoms with van der Waals surface area (Å²) in [5, 5.41) is 3.31. The van der Waals surface area contributed by atoms with E-state index in [-0.39, 0.29) is 17.9 Å². The van der Waals surface area contributed by atoms with E-state index < -0.39 is 16.1 Å². The van der Waals surface area contributed by atoms with Crippen molar-refractivity contribution in [2.45, 2.75) is 45.7 Å². The molecule has 0 saturated carbocycles. The molecular formula is C23H28ClN3O4S. The van der Waals surface area contributed by atoms with Crippen LogP contribution in [0.2, 0.25) is 5.02 Å². The van der Waals surface area contributed by atoms with Crippen molar-refractivity contribution in [3.05, 3.63) is 58.6 Å². The molecule has 172 valence electrons. The van der Waals surface area contributed by atoms with Gasteiger partial charge in [-0.05, 0) is 68.7 Å². The van der Waals surface area contributed by atoms with Crippen molar-refractivity contribution in [3.8, 4) is 0 Å². The zero-order valence-corrected chi connectivity index (χ0v) is 20.2. The van der Waals surface area contributed by atoms with Crippen molar-refractivity contribution < 1.29 is 18.0 Å². The lowest BCUT2D eigenvalue weighted by Gasteiger charge is -2.28. The molecule has 32 heavy (non-hydrogen) atoms. The van der Waals surface area contributed by atoms with Gasteiger partial charge in [0.05, 0.1) is 11.9 Å². The molecule has 2 aromatic rings. The Balaban J connectivity index is 1.83. The van der Waals surface area contributed by atoms with Gasteiger partial charge in [0.2, 0.25) is 15.9 Å². The van der Waals surface area contributed by atoms with Crippen LogP contribution in [0.3, 0.4) is 0 Å². The summed E-state index contributed by atoms with van der Waals surface area (Å²) in [5.41, 5.74) is 2.40. The molecule has 1 aliphatic rings. The average Bonchev–Trinajstić information content (AvgIpc) is 3.06. The molecule has 2 unspecified atom stereocenters. The summed E-state index contributed by atoms with van der Waals surface area (Å²) in [5.74, 6) is -0.582. The van der Waals surface area contributed by atoms with Gasteiger partial charge in [-0.2, -0.15) is 0 Å². The third-order valence-corrected chi connectivity index (χ3v) is 7.01. The zero-order valence-electron chi connectivity index (χ0n) is 18.6. The number of benzene rings is 2. The van der Waals surface area contributed by atoms with Crippen molar-refractivity contribution in [1.82, 2.24) is 4.90 Å². The highest BCUT2D eigenvalue weighted by molar-refractivity contribution is 7.92. The standard InChI is InChI=1S/C23H28ClN3O4S/c1-5-11-26(16(3)22(28)25-20-8-6-7-19(24)14-20)23(29)17-9-10-21-18(13-17)12-15(2)27(21)32(4,30)31/h6-10,13-16H,5,11-12H2,1-4H3,(H,25,28). The number of halogens is 1. The molecule has 1 heterocycles. The molecular weight excluding hydrogens is 450 g/mol. The van der Waals surface area contributed by atoms with Crippen molar-refractivity contribution in [1.29, 1.82) is 0 Å². The molecule has 1 N–H and O–H groups in total. The number of nitrogens with zero attached hydrogens (tertiary/aromatic N) is 2. The minimum absolute atomic E-state index is 0.209. The van der Waals surface area contributed by atoms with E-state index in [1.807, 2.05) is 13.8 Å². The number of sulfonamides is 1. The highest BCUT2D eigenvalue weighted by Gasteiger charge is 2.34. The van der Waals surface area contributed by atoms with E-state index >= 15 is 0 Å². The van der Waals surface area contributed by atoms with Gasteiger partial charge < -0.3 is 10.2 Å². The minimum atomic E-state index is -3.41. The van der Waals surface area contributed by atoms with Crippen LogP contribution in [0.1, 0.15) is 43.1 Å². The van der Waals surface area contributed by atoms with Crippen molar-refractivity contribution in [2.24, 2.45) is 0 Å². The van der Waals surface area contributed by atoms with Gasteiger partial charge in [-0.25, -0.2) is 8.42 Å². The lowest BCUT2D eigenvalue weighted by atomic mass is 10.1. The first-order valence-electron chi connectivity index (χ1n) is 10.5. The molecule has 1 aliphatic heterocycles. The number of nitrogens with one attached hydrogen (secondary N) is 1. The number of hydrogen-bond donors (Lipinski definition) is 1. The Bertz CT molecular complexity index is 1140. The van der Waals surface area contributed by atoms with E-state index in [0.717, 1.165) is 5.56 Å². The maximum absolute atomic E-state index is 13.3. The minimum Gasteiger partial charge on any atom is -0.327 e. The smallest absolute Gasteiger partial charge is 0.254 e. The van der Waals surface area contributed by atoms with Crippen molar-refractivity contribution >= 4 is 44.8 Å². The van der Waals surface area contributed by atoms with Gasteiger partial charge in [-0.3, -0.25) is 13.9 Å². The van der Waals surface area contributed by atoms with Gasteiger partial charge in [0, 0.05) is 28.9 Å². The van der Waals surface area contributed by atoms with Crippen LogP contribution in [0.5, 0.6) is 0 Å². The van der Waals surface area contributed by atoms with Crippen LogP contribution >= 0.6 is 11.6 Å². The number of carbonyl (C=O) groups is 2. The van der Waals surface area contributed by atoms with E-state index in [1.54, 1.807) is 49.4 Å². The first kappa shape index (κ1) is 24.1. The van der Waals surface area contributed by atoms with Crippen LogP contribution in [-0.4, -0.2) is 50.0 Å². The number of amides is 2. The van der Waals surface area contributed by atoms with Gasteiger partial charge >= 0.3 is 0 Å². The van der Waals surface area contributed by atoms with E-state index in [2.05, 4.69) is 5.32 Å². The Morgan fingerprint density at radius 1 is 1.25 bits per heavy atom. The SMILES string of the molecule is CCCN(C(=O)c1ccc2c(c1)CC(C)N2S(C)(=O)=O)C(C)C(=O)Nc1cccc(Cl)c1. The second-order valence-corrected chi connectivity index (χ2v) is 10.4. The molecule has 0 radical (unpaired) electrons. The van der Waals surface area contributed by atoms with E-state index in [0.29, 0.717) is 41.3 Å². The zero-order chi connectivity index (χ0) is 23.6. The fourth-order valence-electron chi connectivity index (χ4n) is 4.07. The van der Waals surface area contributed by atoms with Crippen molar-refractivity contribution in [2.75, 3.05) is 22.4 Å². The van der Waals surface area contributed by atoms with Gasteiger partial charge in [-0.1, -0.05) is 24.6 Å². The number of anilines is 2. The molecule has 7 nitrogen and oxygen atoms in total. The third-order valence-electron chi connectivity index (χ3n) is 5.50. The summed E-state index contributed by atoms with van der Waals surface area (Å²) in [6, 6.07) is 11.0. The second-order valence-electron chi connectivity index (χ2n) is 8.13. The van der Waals surface area contributed by atoms with Crippen LogP contribution in [0, 0.1) is 0 Å². The Labute approximate surface area is 194 Å². The lowest BCUT2D eigenvalue weighted by Crippen LogP contribution is -2.46. The molecule has 0 aromatic heterocycles. The fraction of sp³-hybridized carbons (Fsp3) is 0.391.